The van der Waals surface area contributed by atoms with Crippen LogP contribution in [0.1, 0.15) is 30.4 Å². The van der Waals surface area contributed by atoms with E-state index in [9.17, 15) is 14.7 Å². The number of aliphatic carboxylic acids is 1. The third-order valence-corrected chi connectivity index (χ3v) is 6.23. The Bertz CT molecular complexity index is 630. The van der Waals surface area contributed by atoms with Crippen LogP contribution in [-0.2, 0) is 16.0 Å². The van der Waals surface area contributed by atoms with Crippen molar-refractivity contribution in [3.05, 3.63) is 33.8 Å². The number of hydrogen-bond donors (Lipinski definition) is 1. The minimum atomic E-state index is -0.732. The van der Waals surface area contributed by atoms with Gasteiger partial charge in [0.25, 0.3) is 0 Å². The Morgan fingerprint density at radius 3 is 2.91 bits per heavy atom. The third kappa shape index (κ3) is 2.45. The van der Waals surface area contributed by atoms with E-state index in [1.54, 1.807) is 4.90 Å². The first-order valence-corrected chi connectivity index (χ1v) is 8.48. The Kier molecular flexibility index (Phi) is 4.02. The van der Waals surface area contributed by atoms with Gasteiger partial charge in [0.2, 0.25) is 5.91 Å². The molecule has 1 heterocycles. The maximum absolute atomic E-state index is 12.6. The molecule has 2 aliphatic rings. The number of carboxylic acid groups (broad SMARTS) is 1. The summed E-state index contributed by atoms with van der Waals surface area (Å²) in [4.78, 5) is 26.0. The quantitative estimate of drug-likeness (QED) is 0.895. The van der Waals surface area contributed by atoms with Crippen molar-refractivity contribution in [2.24, 2.45) is 11.3 Å². The van der Waals surface area contributed by atoms with E-state index >= 15 is 0 Å². The first-order chi connectivity index (χ1) is 10.4. The smallest absolute Gasteiger partial charge is 0.311 e. The first kappa shape index (κ1) is 15.5. The SMILES string of the molecule is Cc1c(Br)cccc1CC(=O)N1C[C@@H]2CCC[C@@]2(C(=O)O)C1. The number of carboxylic acids is 1. The summed E-state index contributed by atoms with van der Waals surface area (Å²) >= 11 is 3.48. The number of nitrogens with zero attached hydrogens (tertiary/aromatic N) is 1. The van der Waals surface area contributed by atoms with Gasteiger partial charge in [0, 0.05) is 17.6 Å². The van der Waals surface area contributed by atoms with Crippen LogP contribution in [0.2, 0.25) is 0 Å². The number of amides is 1. The van der Waals surface area contributed by atoms with Gasteiger partial charge in [-0.3, -0.25) is 9.59 Å². The summed E-state index contributed by atoms with van der Waals surface area (Å²) < 4.78 is 0.998. The number of hydrogen-bond acceptors (Lipinski definition) is 2. The first-order valence-electron chi connectivity index (χ1n) is 7.69. The molecule has 0 radical (unpaired) electrons. The molecule has 1 saturated heterocycles. The summed E-state index contributed by atoms with van der Waals surface area (Å²) in [7, 11) is 0. The second-order valence-corrected chi connectivity index (χ2v) is 7.38. The molecule has 3 rings (SSSR count). The number of fused-ring (bicyclic) bond motifs is 1. The lowest BCUT2D eigenvalue weighted by Crippen LogP contribution is -2.37. The van der Waals surface area contributed by atoms with Crippen LogP contribution in [0.3, 0.4) is 0 Å². The highest BCUT2D eigenvalue weighted by Crippen LogP contribution is 2.49. The normalized spacial score (nSPS) is 27.0. The zero-order valence-electron chi connectivity index (χ0n) is 12.6. The monoisotopic (exact) mass is 365 g/mol. The van der Waals surface area contributed by atoms with Crippen LogP contribution in [0.25, 0.3) is 0 Å². The van der Waals surface area contributed by atoms with Crippen molar-refractivity contribution in [3.8, 4) is 0 Å². The van der Waals surface area contributed by atoms with Gasteiger partial charge in [-0.1, -0.05) is 34.5 Å². The molecule has 1 aromatic carbocycles. The zero-order chi connectivity index (χ0) is 15.9. The Morgan fingerprint density at radius 1 is 1.45 bits per heavy atom. The van der Waals surface area contributed by atoms with E-state index in [4.69, 9.17) is 0 Å². The van der Waals surface area contributed by atoms with Gasteiger partial charge in [0.05, 0.1) is 11.8 Å². The van der Waals surface area contributed by atoms with E-state index in [1.165, 1.54) is 0 Å². The molecule has 4 nitrogen and oxygen atoms in total. The van der Waals surface area contributed by atoms with Crippen molar-refractivity contribution < 1.29 is 14.7 Å². The number of carbonyl (C=O) groups excluding carboxylic acids is 1. The molecule has 1 aromatic rings. The molecule has 0 spiro atoms. The Morgan fingerprint density at radius 2 is 2.23 bits per heavy atom. The van der Waals surface area contributed by atoms with Gasteiger partial charge in [-0.2, -0.15) is 0 Å². The molecule has 1 aliphatic heterocycles. The van der Waals surface area contributed by atoms with E-state index in [1.807, 2.05) is 25.1 Å². The summed E-state index contributed by atoms with van der Waals surface area (Å²) in [5.41, 5.74) is 1.38. The van der Waals surface area contributed by atoms with E-state index < -0.39 is 11.4 Å². The standard InChI is InChI=1S/C17H20BrNO3/c1-11-12(4-2-6-14(11)18)8-15(20)19-9-13-5-3-7-17(13,10-19)16(21)22/h2,4,6,13H,3,5,7-10H2,1H3,(H,21,22)/t13-,17+/m0/s1. The molecule has 22 heavy (non-hydrogen) atoms. The number of rotatable bonds is 3. The van der Waals surface area contributed by atoms with E-state index in [0.717, 1.165) is 28.4 Å². The average molecular weight is 366 g/mol. The van der Waals surface area contributed by atoms with Crippen LogP contribution < -0.4 is 0 Å². The third-order valence-electron chi connectivity index (χ3n) is 5.37. The average Bonchev–Trinajstić information content (AvgIpc) is 3.01. The molecule has 1 N–H and O–H groups in total. The minimum absolute atomic E-state index is 0.0382. The number of halogens is 1. The van der Waals surface area contributed by atoms with Gasteiger partial charge in [0.1, 0.15) is 0 Å². The highest BCUT2D eigenvalue weighted by Gasteiger charge is 2.55. The second kappa shape index (κ2) is 5.69. The predicted molar refractivity (Wildman–Crippen MR) is 86.6 cm³/mol. The molecule has 0 aromatic heterocycles. The van der Waals surface area contributed by atoms with Crippen molar-refractivity contribution in [2.45, 2.75) is 32.6 Å². The van der Waals surface area contributed by atoms with Crippen molar-refractivity contribution in [1.29, 1.82) is 0 Å². The minimum Gasteiger partial charge on any atom is -0.481 e. The van der Waals surface area contributed by atoms with Crippen LogP contribution in [0, 0.1) is 18.3 Å². The van der Waals surface area contributed by atoms with Gasteiger partial charge in [-0.15, -0.1) is 0 Å². The molecule has 2 atom stereocenters. The van der Waals surface area contributed by atoms with Crippen LogP contribution in [0.5, 0.6) is 0 Å². The molecular weight excluding hydrogens is 346 g/mol. The lowest BCUT2D eigenvalue weighted by Gasteiger charge is -2.23. The number of benzene rings is 1. The van der Waals surface area contributed by atoms with E-state index in [0.29, 0.717) is 25.9 Å². The van der Waals surface area contributed by atoms with Crippen LogP contribution in [0.4, 0.5) is 0 Å². The molecule has 5 heteroatoms. The fourth-order valence-electron chi connectivity index (χ4n) is 3.95. The largest absolute Gasteiger partial charge is 0.481 e. The summed E-state index contributed by atoms with van der Waals surface area (Å²) in [6, 6.07) is 5.85. The molecule has 1 aliphatic carbocycles. The maximum Gasteiger partial charge on any atom is 0.311 e. The van der Waals surface area contributed by atoms with Crippen LogP contribution in [-0.4, -0.2) is 35.0 Å². The number of likely N-dealkylation sites (tertiary alicyclic amines) is 1. The summed E-state index contributed by atoms with van der Waals surface area (Å²) in [6.45, 7) is 2.96. The highest BCUT2D eigenvalue weighted by atomic mass is 79.9. The second-order valence-electron chi connectivity index (χ2n) is 6.53. The van der Waals surface area contributed by atoms with Gasteiger partial charge < -0.3 is 10.0 Å². The lowest BCUT2D eigenvalue weighted by atomic mass is 9.81. The van der Waals surface area contributed by atoms with Gasteiger partial charge in [-0.05, 0) is 42.9 Å². The summed E-state index contributed by atoms with van der Waals surface area (Å²) in [5, 5.41) is 9.60. The molecule has 1 saturated carbocycles. The summed E-state index contributed by atoms with van der Waals surface area (Å²) in [6.07, 6.45) is 2.93. The maximum atomic E-state index is 12.6. The molecule has 118 valence electrons. The molecule has 1 amide bonds. The topological polar surface area (TPSA) is 57.6 Å². The Labute approximate surface area is 138 Å². The molecule has 0 unspecified atom stereocenters. The van der Waals surface area contributed by atoms with Crippen LogP contribution >= 0.6 is 15.9 Å². The molecule has 2 fully saturated rings. The fourth-order valence-corrected chi connectivity index (χ4v) is 4.35. The Hall–Kier alpha value is -1.36. The summed E-state index contributed by atoms with van der Waals surface area (Å²) in [5.74, 6) is -0.572. The Balaban J connectivity index is 1.75. The van der Waals surface area contributed by atoms with Crippen molar-refractivity contribution in [2.75, 3.05) is 13.1 Å². The van der Waals surface area contributed by atoms with Gasteiger partial charge in [-0.25, -0.2) is 0 Å². The fraction of sp³-hybridized carbons (Fsp3) is 0.529. The van der Waals surface area contributed by atoms with E-state index in [2.05, 4.69) is 15.9 Å². The van der Waals surface area contributed by atoms with Crippen molar-refractivity contribution in [1.82, 2.24) is 4.90 Å². The predicted octanol–water partition coefficient (Wildman–Crippen LogP) is 3.01. The van der Waals surface area contributed by atoms with Crippen LogP contribution in [0.15, 0.2) is 22.7 Å². The van der Waals surface area contributed by atoms with Crippen molar-refractivity contribution >= 4 is 27.8 Å². The molecular formula is C17H20BrNO3. The number of carbonyl (C=O) groups is 2. The van der Waals surface area contributed by atoms with Gasteiger partial charge in [0.15, 0.2) is 0 Å². The van der Waals surface area contributed by atoms with Crippen molar-refractivity contribution in [3.63, 3.8) is 0 Å². The molecule has 0 bridgehead atoms. The zero-order valence-corrected chi connectivity index (χ0v) is 14.2. The van der Waals surface area contributed by atoms with E-state index in [-0.39, 0.29) is 11.8 Å². The van der Waals surface area contributed by atoms with Gasteiger partial charge >= 0.3 is 5.97 Å². The lowest BCUT2D eigenvalue weighted by molar-refractivity contribution is -0.149. The highest BCUT2D eigenvalue weighted by molar-refractivity contribution is 9.10.